The number of allylic oxidation sites excluding steroid dienone is 4. The van der Waals surface area contributed by atoms with Gasteiger partial charge in [-0.15, -0.1) is 0 Å². The zero-order chi connectivity index (χ0) is 24.6. The van der Waals surface area contributed by atoms with E-state index in [9.17, 15) is 10.2 Å². The van der Waals surface area contributed by atoms with Crippen molar-refractivity contribution < 1.29 is 10.2 Å². The van der Waals surface area contributed by atoms with Gasteiger partial charge in [-0.05, 0) is 96.8 Å². The third kappa shape index (κ3) is 19.2. The zero-order valence-electron chi connectivity index (χ0n) is 22.3. The lowest BCUT2D eigenvalue weighted by molar-refractivity contribution is 0.107. The summed E-state index contributed by atoms with van der Waals surface area (Å²) in [6.07, 6.45) is 14.5. The van der Waals surface area contributed by atoms with Gasteiger partial charge in [0.15, 0.2) is 0 Å². The molecule has 0 fully saturated rings. The Morgan fingerprint density at radius 3 is 1.91 bits per heavy atom. The van der Waals surface area contributed by atoms with Crippen molar-refractivity contribution >= 4 is 0 Å². The highest BCUT2D eigenvalue weighted by molar-refractivity contribution is 5.32. The van der Waals surface area contributed by atoms with Crippen LogP contribution in [0.3, 0.4) is 0 Å². The van der Waals surface area contributed by atoms with E-state index in [1.807, 2.05) is 0 Å². The first kappa shape index (κ1) is 30.5. The molecule has 3 atom stereocenters. The Hall–Kier alpha value is -1.48. The number of rotatable bonds is 14. The second kappa shape index (κ2) is 16.2. The van der Waals surface area contributed by atoms with E-state index in [1.165, 1.54) is 30.4 Å². The molecule has 182 valence electrons. The SMILES string of the molecule is CC(C)=CCCC(C)=CCCC(C)(O)C#CC#CC(C)(O)CCCC(C)CCCC(C)C. The monoisotopic (exact) mass is 442 g/mol. The molecular weight excluding hydrogens is 392 g/mol. The normalized spacial score (nSPS) is 16.2. The molecule has 0 radical (unpaired) electrons. The molecule has 0 rings (SSSR count). The second-order valence-electron chi connectivity index (χ2n) is 10.8. The van der Waals surface area contributed by atoms with E-state index in [0.29, 0.717) is 18.8 Å². The van der Waals surface area contributed by atoms with Crippen molar-refractivity contribution in [2.75, 3.05) is 0 Å². The molecule has 0 saturated carbocycles. The van der Waals surface area contributed by atoms with Crippen LogP contribution in [0.25, 0.3) is 0 Å². The van der Waals surface area contributed by atoms with Crippen LogP contribution in [0, 0.1) is 35.5 Å². The van der Waals surface area contributed by atoms with Crippen LogP contribution in [0.1, 0.15) is 120 Å². The van der Waals surface area contributed by atoms with Crippen LogP contribution in [-0.4, -0.2) is 21.4 Å². The fourth-order valence-corrected chi connectivity index (χ4v) is 3.56. The Morgan fingerprint density at radius 1 is 0.781 bits per heavy atom. The molecule has 2 N–H and O–H groups in total. The van der Waals surface area contributed by atoms with Gasteiger partial charge in [-0.2, -0.15) is 0 Å². The molecule has 0 saturated heterocycles. The van der Waals surface area contributed by atoms with Crippen LogP contribution >= 0.6 is 0 Å². The van der Waals surface area contributed by atoms with Crippen LogP contribution in [0.5, 0.6) is 0 Å². The summed E-state index contributed by atoms with van der Waals surface area (Å²) >= 11 is 0. The molecule has 0 aromatic carbocycles. The maximum absolute atomic E-state index is 10.5. The fraction of sp³-hybridized carbons (Fsp3) is 0.733. The standard InChI is InChI=1S/C30H50O2/c1-25(2)15-11-17-27(5)19-13-23-29(7,31)21-9-10-22-30(8,32)24-14-20-28(6)18-12-16-26(3)4/h15,19,26,28,31-32H,11-14,16-18,20,23-24H2,1-8H3. The average molecular weight is 443 g/mol. The largest absolute Gasteiger partial charge is 0.378 e. The van der Waals surface area contributed by atoms with Crippen molar-refractivity contribution in [2.24, 2.45) is 11.8 Å². The van der Waals surface area contributed by atoms with E-state index in [2.05, 4.69) is 77.4 Å². The van der Waals surface area contributed by atoms with Crippen molar-refractivity contribution in [1.82, 2.24) is 0 Å². The van der Waals surface area contributed by atoms with Crippen molar-refractivity contribution in [3.8, 4) is 23.7 Å². The van der Waals surface area contributed by atoms with Crippen molar-refractivity contribution in [3.63, 3.8) is 0 Å². The highest BCUT2D eigenvalue weighted by Gasteiger charge is 2.17. The summed E-state index contributed by atoms with van der Waals surface area (Å²) in [6.45, 7) is 16.7. The highest BCUT2D eigenvalue weighted by Crippen LogP contribution is 2.20. The molecule has 0 aliphatic rings. The van der Waals surface area contributed by atoms with Gasteiger partial charge < -0.3 is 10.2 Å². The van der Waals surface area contributed by atoms with E-state index in [1.54, 1.807) is 13.8 Å². The molecule has 0 aromatic rings. The molecule has 0 aliphatic carbocycles. The Balaban J connectivity index is 4.40. The van der Waals surface area contributed by atoms with Gasteiger partial charge in [-0.25, -0.2) is 0 Å². The molecule has 0 aliphatic heterocycles. The first-order valence-corrected chi connectivity index (χ1v) is 12.6. The molecule has 0 spiro atoms. The quantitative estimate of drug-likeness (QED) is 0.215. The predicted octanol–water partition coefficient (Wildman–Crippen LogP) is 7.60. The van der Waals surface area contributed by atoms with Crippen LogP contribution in [0.2, 0.25) is 0 Å². The van der Waals surface area contributed by atoms with E-state index < -0.39 is 11.2 Å². The third-order valence-electron chi connectivity index (χ3n) is 5.78. The number of hydrogen-bond acceptors (Lipinski definition) is 2. The van der Waals surface area contributed by atoms with Gasteiger partial charge in [-0.1, -0.05) is 81.6 Å². The lowest BCUT2D eigenvalue weighted by Gasteiger charge is -2.18. The molecule has 0 heterocycles. The van der Waals surface area contributed by atoms with Crippen LogP contribution in [0.4, 0.5) is 0 Å². The maximum Gasteiger partial charge on any atom is 0.124 e. The molecule has 2 nitrogen and oxygen atoms in total. The van der Waals surface area contributed by atoms with Crippen LogP contribution in [-0.2, 0) is 0 Å². The summed E-state index contributed by atoms with van der Waals surface area (Å²) in [6, 6.07) is 0. The van der Waals surface area contributed by atoms with Crippen molar-refractivity contribution in [1.29, 1.82) is 0 Å². The van der Waals surface area contributed by atoms with Gasteiger partial charge in [0.05, 0.1) is 0 Å². The Kier molecular flexibility index (Phi) is 15.4. The van der Waals surface area contributed by atoms with Crippen molar-refractivity contribution in [2.45, 2.75) is 131 Å². The van der Waals surface area contributed by atoms with Crippen LogP contribution < -0.4 is 0 Å². The van der Waals surface area contributed by atoms with E-state index in [4.69, 9.17) is 0 Å². The average Bonchev–Trinajstić information content (AvgIpc) is 2.64. The lowest BCUT2D eigenvalue weighted by atomic mass is 9.92. The number of aliphatic hydroxyl groups is 2. The predicted molar refractivity (Wildman–Crippen MR) is 140 cm³/mol. The maximum atomic E-state index is 10.5. The van der Waals surface area contributed by atoms with Gasteiger partial charge in [0, 0.05) is 0 Å². The van der Waals surface area contributed by atoms with Gasteiger partial charge in [0.1, 0.15) is 11.2 Å². The fourth-order valence-electron chi connectivity index (χ4n) is 3.56. The van der Waals surface area contributed by atoms with Crippen LogP contribution in [0.15, 0.2) is 23.3 Å². The molecule has 0 amide bonds. The Morgan fingerprint density at radius 2 is 1.34 bits per heavy atom. The molecule has 32 heavy (non-hydrogen) atoms. The van der Waals surface area contributed by atoms with Gasteiger partial charge >= 0.3 is 0 Å². The molecule has 0 aromatic heterocycles. The summed E-state index contributed by atoms with van der Waals surface area (Å²) in [5.74, 6) is 12.7. The van der Waals surface area contributed by atoms with E-state index >= 15 is 0 Å². The lowest BCUT2D eigenvalue weighted by Crippen LogP contribution is -2.22. The minimum atomic E-state index is -1.07. The molecular formula is C30H50O2. The minimum absolute atomic E-state index is 0.576. The Labute approximate surface area is 200 Å². The van der Waals surface area contributed by atoms with Gasteiger partial charge in [0.2, 0.25) is 0 Å². The third-order valence-corrected chi connectivity index (χ3v) is 5.78. The summed E-state index contributed by atoms with van der Waals surface area (Å²) in [4.78, 5) is 0. The summed E-state index contributed by atoms with van der Waals surface area (Å²) in [5, 5.41) is 21.0. The van der Waals surface area contributed by atoms with Gasteiger partial charge in [-0.3, -0.25) is 0 Å². The molecule has 0 bridgehead atoms. The summed E-state index contributed by atoms with van der Waals surface area (Å²) in [7, 11) is 0. The van der Waals surface area contributed by atoms with Crippen molar-refractivity contribution in [3.05, 3.63) is 23.3 Å². The highest BCUT2D eigenvalue weighted by atomic mass is 16.3. The summed E-state index contributed by atoms with van der Waals surface area (Å²) < 4.78 is 0. The Bertz CT molecular complexity index is 695. The molecule has 3 unspecified atom stereocenters. The smallest absolute Gasteiger partial charge is 0.124 e. The summed E-state index contributed by atoms with van der Waals surface area (Å²) in [5.41, 5.74) is 0.602. The van der Waals surface area contributed by atoms with E-state index in [-0.39, 0.29) is 0 Å². The first-order valence-electron chi connectivity index (χ1n) is 12.6. The zero-order valence-corrected chi connectivity index (χ0v) is 22.3. The molecule has 2 heteroatoms. The number of hydrogen-bond donors (Lipinski definition) is 2. The minimum Gasteiger partial charge on any atom is -0.378 e. The first-order chi connectivity index (χ1) is 14.8. The second-order valence-corrected chi connectivity index (χ2v) is 10.8. The topological polar surface area (TPSA) is 40.5 Å². The van der Waals surface area contributed by atoms with Gasteiger partial charge in [0.25, 0.3) is 0 Å². The van der Waals surface area contributed by atoms with E-state index in [0.717, 1.165) is 38.0 Å².